The van der Waals surface area contributed by atoms with Crippen molar-refractivity contribution >= 4 is 46.1 Å². The first-order chi connectivity index (χ1) is 10.2. The Morgan fingerprint density at radius 1 is 0.773 bits per heavy atom. The van der Waals surface area contributed by atoms with E-state index >= 15 is 0 Å². The molecular formula is C18H26Se2Si2. The molecule has 0 atom stereocenters. The van der Waals surface area contributed by atoms with Crippen molar-refractivity contribution in [3.05, 3.63) is 35.4 Å². The van der Waals surface area contributed by atoms with E-state index in [-0.39, 0.29) is 0 Å². The molecule has 0 aliphatic rings. The van der Waals surface area contributed by atoms with E-state index in [1.165, 1.54) is 11.1 Å². The molecule has 0 heterocycles. The maximum atomic E-state index is 3.47. The second-order valence-corrected chi connectivity index (χ2v) is 20.1. The Morgan fingerprint density at radius 3 is 1.55 bits per heavy atom. The van der Waals surface area contributed by atoms with Crippen molar-refractivity contribution in [3.63, 3.8) is 0 Å². The Labute approximate surface area is 151 Å². The second kappa shape index (κ2) is 9.19. The molecule has 0 bridgehead atoms. The van der Waals surface area contributed by atoms with Crippen LogP contribution in [0.4, 0.5) is 0 Å². The average Bonchev–Trinajstić information content (AvgIpc) is 2.38. The molecular weight excluding hydrogens is 430 g/mol. The zero-order valence-electron chi connectivity index (χ0n) is 14.5. The van der Waals surface area contributed by atoms with E-state index < -0.39 is 16.1 Å². The molecule has 1 aromatic rings. The third kappa shape index (κ3) is 10.5. The monoisotopic (exact) mass is 458 g/mol. The van der Waals surface area contributed by atoms with Crippen LogP contribution in [0.5, 0.6) is 0 Å². The van der Waals surface area contributed by atoms with Gasteiger partial charge in [-0.3, -0.25) is 0 Å². The quantitative estimate of drug-likeness (QED) is 0.478. The second-order valence-electron chi connectivity index (χ2n) is 7.35. The molecule has 0 unspecified atom stereocenters. The summed E-state index contributed by atoms with van der Waals surface area (Å²) in [6, 6.07) is 9.02. The number of hydrogen-bond donors (Lipinski definition) is 0. The molecule has 0 saturated heterocycles. The van der Waals surface area contributed by atoms with Gasteiger partial charge in [0.25, 0.3) is 0 Å². The van der Waals surface area contributed by atoms with E-state index in [1.807, 2.05) is 0 Å². The third-order valence-corrected chi connectivity index (χ3v) is 8.06. The Balaban J connectivity index is 2.51. The van der Waals surface area contributed by atoms with Gasteiger partial charge < -0.3 is 0 Å². The normalized spacial score (nSPS) is 11.2. The first-order valence-corrected chi connectivity index (χ1v) is 18.6. The van der Waals surface area contributed by atoms with Crippen LogP contribution in [0.3, 0.4) is 0 Å². The summed E-state index contributed by atoms with van der Waals surface area (Å²) >= 11 is 0.837. The van der Waals surface area contributed by atoms with Crippen LogP contribution in [0.1, 0.15) is 11.1 Å². The molecule has 0 radical (unpaired) electrons. The maximum absolute atomic E-state index is 3.47. The fourth-order valence-corrected chi connectivity index (χ4v) is 8.70. The summed E-state index contributed by atoms with van der Waals surface area (Å²) in [5.74, 6) is 0. The van der Waals surface area contributed by atoms with Gasteiger partial charge in [-0.1, -0.05) is 0 Å². The summed E-state index contributed by atoms with van der Waals surface area (Å²) in [6.07, 6.45) is 0. The predicted octanol–water partition coefficient (Wildman–Crippen LogP) is 3.77. The van der Waals surface area contributed by atoms with Crippen LogP contribution in [-0.2, 0) is 10.6 Å². The standard InChI is InChI=1S/C18H26Se2Si2/c1-21(2,3)12-10-19-15-17-8-7-9-18(14-17)16-20-11-13-22(4,5)6/h7-9,14H,15-16H2,1-6H3. The molecule has 1 rings (SSSR count). The van der Waals surface area contributed by atoms with E-state index in [9.17, 15) is 0 Å². The zero-order chi connectivity index (χ0) is 16.6. The summed E-state index contributed by atoms with van der Waals surface area (Å²) in [5, 5.41) is 2.26. The Morgan fingerprint density at radius 2 is 1.18 bits per heavy atom. The molecule has 4 heteroatoms. The molecule has 0 nitrogen and oxygen atoms in total. The van der Waals surface area contributed by atoms with E-state index in [4.69, 9.17) is 0 Å². The third-order valence-electron chi connectivity index (χ3n) is 2.47. The van der Waals surface area contributed by atoms with Crippen LogP contribution in [0.2, 0.25) is 39.3 Å². The summed E-state index contributed by atoms with van der Waals surface area (Å²) in [7, 11) is -2.40. The predicted molar refractivity (Wildman–Crippen MR) is 108 cm³/mol. The van der Waals surface area contributed by atoms with Crippen molar-refractivity contribution in [2.75, 3.05) is 0 Å². The van der Waals surface area contributed by atoms with Crippen LogP contribution in [0.15, 0.2) is 24.3 Å². The summed E-state index contributed by atoms with van der Waals surface area (Å²) in [4.78, 5) is 6.85. The van der Waals surface area contributed by atoms with Crippen molar-refractivity contribution in [1.82, 2.24) is 0 Å². The minimum atomic E-state index is -1.20. The van der Waals surface area contributed by atoms with Gasteiger partial charge in [-0.15, -0.1) is 0 Å². The van der Waals surface area contributed by atoms with Gasteiger partial charge in [-0.2, -0.15) is 0 Å². The van der Waals surface area contributed by atoms with Gasteiger partial charge in [0.1, 0.15) is 0 Å². The SMILES string of the molecule is C[Si](C)(C)C#C[Se]Cc1cccc(C[Se]C#C[Si](C)(C)C)c1. The molecule has 0 amide bonds. The van der Waals surface area contributed by atoms with Gasteiger partial charge >= 0.3 is 152 Å². The van der Waals surface area contributed by atoms with Crippen LogP contribution < -0.4 is 0 Å². The van der Waals surface area contributed by atoms with Crippen molar-refractivity contribution in [2.45, 2.75) is 49.9 Å². The first-order valence-electron chi connectivity index (χ1n) is 7.51. The van der Waals surface area contributed by atoms with Gasteiger partial charge in [0.2, 0.25) is 0 Å². The van der Waals surface area contributed by atoms with Crippen LogP contribution in [0.25, 0.3) is 0 Å². The van der Waals surface area contributed by atoms with Crippen molar-refractivity contribution < 1.29 is 0 Å². The molecule has 0 fully saturated rings. The minimum absolute atomic E-state index is 0.418. The van der Waals surface area contributed by atoms with E-state index in [1.54, 1.807) is 0 Å². The number of hydrogen-bond acceptors (Lipinski definition) is 0. The summed E-state index contributed by atoms with van der Waals surface area (Å²) in [5.41, 5.74) is 9.82. The van der Waals surface area contributed by atoms with E-state index in [0.717, 1.165) is 10.6 Å². The van der Waals surface area contributed by atoms with Crippen LogP contribution in [-0.4, -0.2) is 46.1 Å². The average molecular weight is 456 g/mol. The van der Waals surface area contributed by atoms with E-state index in [2.05, 4.69) is 84.3 Å². The van der Waals surface area contributed by atoms with Crippen LogP contribution >= 0.6 is 0 Å². The molecule has 22 heavy (non-hydrogen) atoms. The van der Waals surface area contributed by atoms with Gasteiger partial charge in [0.15, 0.2) is 0 Å². The molecule has 0 aromatic heterocycles. The van der Waals surface area contributed by atoms with Gasteiger partial charge in [0, 0.05) is 0 Å². The molecule has 0 aliphatic heterocycles. The summed E-state index contributed by atoms with van der Waals surface area (Å²) < 4.78 is 0. The fourth-order valence-electron chi connectivity index (χ4n) is 1.43. The Bertz CT molecular complexity index is 551. The fraction of sp³-hybridized carbons (Fsp3) is 0.444. The van der Waals surface area contributed by atoms with Gasteiger partial charge in [-0.05, 0) is 0 Å². The zero-order valence-corrected chi connectivity index (χ0v) is 20.0. The number of benzene rings is 1. The van der Waals surface area contributed by atoms with Crippen LogP contribution in [0, 0.1) is 20.7 Å². The number of rotatable bonds is 4. The van der Waals surface area contributed by atoms with Gasteiger partial charge in [-0.25, -0.2) is 0 Å². The van der Waals surface area contributed by atoms with Crippen molar-refractivity contribution in [1.29, 1.82) is 0 Å². The van der Waals surface area contributed by atoms with E-state index in [0.29, 0.717) is 29.9 Å². The molecule has 0 N–H and O–H groups in total. The summed E-state index contributed by atoms with van der Waals surface area (Å²) in [6.45, 7) is 13.8. The molecule has 0 saturated carbocycles. The first kappa shape index (κ1) is 19.9. The Hall–Kier alpha value is -0.187. The molecule has 118 valence electrons. The van der Waals surface area contributed by atoms with Gasteiger partial charge in [0.05, 0.1) is 0 Å². The van der Waals surface area contributed by atoms with Crippen molar-refractivity contribution in [3.8, 4) is 20.7 Å². The molecule has 0 aliphatic carbocycles. The van der Waals surface area contributed by atoms with Crippen molar-refractivity contribution in [2.24, 2.45) is 0 Å². The molecule has 0 spiro atoms. The Kier molecular flexibility index (Phi) is 8.30. The molecule has 1 aromatic carbocycles. The topological polar surface area (TPSA) is 0 Å².